The molecule has 0 spiro atoms. The average molecular weight is 343 g/mol. The summed E-state index contributed by atoms with van der Waals surface area (Å²) in [5, 5.41) is 3.10. The zero-order valence-corrected chi connectivity index (χ0v) is 12.0. The van der Waals surface area contributed by atoms with E-state index >= 15 is 0 Å². The Labute approximate surface area is 126 Å². The van der Waals surface area contributed by atoms with Gasteiger partial charge in [-0.1, -0.05) is 23.2 Å². The summed E-state index contributed by atoms with van der Waals surface area (Å²) in [6.07, 6.45) is -3.23. The number of rotatable bonds is 4. The summed E-state index contributed by atoms with van der Waals surface area (Å²) < 4.78 is 41.1. The molecule has 0 aliphatic heterocycles. The molecule has 108 valence electrons. The SMILES string of the molecule is FC(F)(F)Oc1ccc(Cl)cc1NCc1cnc(Cl)s1. The van der Waals surface area contributed by atoms with E-state index < -0.39 is 6.36 Å². The van der Waals surface area contributed by atoms with Crippen molar-refractivity contribution in [2.75, 3.05) is 5.32 Å². The molecule has 0 radical (unpaired) electrons. The van der Waals surface area contributed by atoms with Gasteiger partial charge in [-0.05, 0) is 18.2 Å². The zero-order chi connectivity index (χ0) is 14.8. The van der Waals surface area contributed by atoms with Crippen LogP contribution >= 0.6 is 34.5 Å². The van der Waals surface area contributed by atoms with Crippen molar-refractivity contribution in [3.8, 4) is 5.75 Å². The number of alkyl halides is 3. The minimum Gasteiger partial charge on any atom is -0.404 e. The highest BCUT2D eigenvalue weighted by Crippen LogP contribution is 2.33. The molecule has 2 rings (SSSR count). The van der Waals surface area contributed by atoms with Crippen molar-refractivity contribution in [1.29, 1.82) is 0 Å². The monoisotopic (exact) mass is 342 g/mol. The number of thiazole rings is 1. The molecule has 0 atom stereocenters. The Balaban J connectivity index is 2.14. The van der Waals surface area contributed by atoms with Gasteiger partial charge in [0.05, 0.1) is 12.2 Å². The summed E-state index contributed by atoms with van der Waals surface area (Å²) in [6.45, 7) is 0.263. The molecule has 1 aromatic carbocycles. The first kappa shape index (κ1) is 15.2. The smallest absolute Gasteiger partial charge is 0.404 e. The number of benzene rings is 1. The lowest BCUT2D eigenvalue weighted by Crippen LogP contribution is -2.18. The first-order valence-electron chi connectivity index (χ1n) is 5.23. The lowest BCUT2D eigenvalue weighted by Gasteiger charge is -2.14. The fourth-order valence-electron chi connectivity index (χ4n) is 1.40. The number of hydrogen-bond donors (Lipinski definition) is 1. The van der Waals surface area contributed by atoms with Crippen molar-refractivity contribution in [1.82, 2.24) is 4.98 Å². The van der Waals surface area contributed by atoms with E-state index in [0.29, 0.717) is 9.49 Å². The number of anilines is 1. The highest BCUT2D eigenvalue weighted by Gasteiger charge is 2.32. The van der Waals surface area contributed by atoms with Crippen LogP contribution in [0.2, 0.25) is 9.49 Å². The van der Waals surface area contributed by atoms with Gasteiger partial charge in [0.1, 0.15) is 0 Å². The van der Waals surface area contributed by atoms with Crippen molar-refractivity contribution in [3.05, 3.63) is 38.8 Å². The third-order valence-electron chi connectivity index (χ3n) is 2.15. The normalized spacial score (nSPS) is 11.4. The Kier molecular flexibility index (Phi) is 4.62. The first-order valence-corrected chi connectivity index (χ1v) is 6.80. The van der Waals surface area contributed by atoms with Gasteiger partial charge in [0.2, 0.25) is 0 Å². The van der Waals surface area contributed by atoms with Crippen LogP contribution in [0.4, 0.5) is 18.9 Å². The van der Waals surface area contributed by atoms with Gasteiger partial charge in [-0.25, -0.2) is 4.98 Å². The molecule has 1 N–H and O–H groups in total. The predicted molar refractivity (Wildman–Crippen MR) is 72.6 cm³/mol. The van der Waals surface area contributed by atoms with Crippen LogP contribution in [0.1, 0.15) is 4.88 Å². The van der Waals surface area contributed by atoms with E-state index in [1.807, 2.05) is 0 Å². The zero-order valence-electron chi connectivity index (χ0n) is 9.67. The number of hydrogen-bond acceptors (Lipinski definition) is 4. The van der Waals surface area contributed by atoms with Gasteiger partial charge in [0, 0.05) is 16.1 Å². The Morgan fingerprint density at radius 3 is 2.65 bits per heavy atom. The molecule has 2 aromatic rings. The molecule has 0 aliphatic carbocycles. The third kappa shape index (κ3) is 4.43. The van der Waals surface area contributed by atoms with E-state index in [-0.39, 0.29) is 18.0 Å². The molecule has 0 unspecified atom stereocenters. The largest absolute Gasteiger partial charge is 0.573 e. The topological polar surface area (TPSA) is 34.1 Å². The second kappa shape index (κ2) is 6.07. The van der Waals surface area contributed by atoms with E-state index in [0.717, 1.165) is 10.9 Å². The summed E-state index contributed by atoms with van der Waals surface area (Å²) in [6, 6.07) is 3.82. The van der Waals surface area contributed by atoms with Crippen LogP contribution in [0, 0.1) is 0 Å². The number of halogens is 5. The molecular weight excluding hydrogens is 336 g/mol. The minimum absolute atomic E-state index is 0.138. The van der Waals surface area contributed by atoms with Gasteiger partial charge in [-0.3, -0.25) is 0 Å². The van der Waals surface area contributed by atoms with Crippen LogP contribution in [0.15, 0.2) is 24.4 Å². The van der Waals surface area contributed by atoms with Crippen LogP contribution in [0.5, 0.6) is 5.75 Å². The predicted octanol–water partition coefficient (Wildman–Crippen LogP) is 4.96. The molecule has 3 nitrogen and oxygen atoms in total. The number of nitrogens with zero attached hydrogens (tertiary/aromatic N) is 1. The van der Waals surface area contributed by atoms with Crippen molar-refractivity contribution in [2.24, 2.45) is 0 Å². The molecule has 0 saturated carbocycles. The molecule has 9 heteroatoms. The summed E-state index contributed by atoms with van der Waals surface area (Å²) >= 11 is 12.7. The standard InChI is InChI=1S/C11H7Cl2F3N2OS/c12-6-1-2-9(19-11(14,15)16)8(3-6)17-4-7-5-18-10(13)20-7/h1-3,5,17H,4H2. The molecule has 0 amide bonds. The van der Waals surface area contributed by atoms with Crippen molar-refractivity contribution in [2.45, 2.75) is 12.9 Å². The van der Waals surface area contributed by atoms with Crippen LogP contribution in [0.25, 0.3) is 0 Å². The Morgan fingerprint density at radius 1 is 1.30 bits per heavy atom. The Bertz CT molecular complexity index is 604. The maximum Gasteiger partial charge on any atom is 0.573 e. The quantitative estimate of drug-likeness (QED) is 0.852. The van der Waals surface area contributed by atoms with Gasteiger partial charge in [0.25, 0.3) is 0 Å². The summed E-state index contributed by atoms with van der Waals surface area (Å²) in [4.78, 5) is 4.61. The maximum absolute atomic E-state index is 12.3. The molecule has 1 aromatic heterocycles. The highest BCUT2D eigenvalue weighted by atomic mass is 35.5. The Hall–Kier alpha value is -1.18. The molecule has 0 bridgehead atoms. The van der Waals surface area contributed by atoms with Gasteiger partial charge in [-0.15, -0.1) is 24.5 Å². The van der Waals surface area contributed by atoms with Crippen molar-refractivity contribution < 1.29 is 17.9 Å². The van der Waals surface area contributed by atoms with Crippen LogP contribution in [-0.4, -0.2) is 11.3 Å². The second-order valence-electron chi connectivity index (χ2n) is 3.62. The van der Waals surface area contributed by atoms with E-state index in [2.05, 4.69) is 15.0 Å². The highest BCUT2D eigenvalue weighted by molar-refractivity contribution is 7.15. The van der Waals surface area contributed by atoms with E-state index in [9.17, 15) is 13.2 Å². The van der Waals surface area contributed by atoms with E-state index in [1.165, 1.54) is 29.7 Å². The van der Waals surface area contributed by atoms with Gasteiger partial charge >= 0.3 is 6.36 Å². The lowest BCUT2D eigenvalue weighted by atomic mass is 10.3. The van der Waals surface area contributed by atoms with Crippen molar-refractivity contribution >= 4 is 40.2 Å². The first-order chi connectivity index (χ1) is 9.33. The number of aromatic nitrogens is 1. The molecule has 0 saturated heterocycles. The van der Waals surface area contributed by atoms with Crippen LogP contribution in [0.3, 0.4) is 0 Å². The fourth-order valence-corrected chi connectivity index (χ4v) is 2.49. The maximum atomic E-state index is 12.3. The van der Waals surface area contributed by atoms with Crippen molar-refractivity contribution in [3.63, 3.8) is 0 Å². The summed E-state index contributed by atoms with van der Waals surface area (Å²) in [7, 11) is 0. The number of ether oxygens (including phenoxy) is 1. The average Bonchev–Trinajstić information content (AvgIpc) is 2.74. The molecule has 0 aliphatic rings. The molecule has 0 fully saturated rings. The number of nitrogens with one attached hydrogen (secondary N) is 1. The second-order valence-corrected chi connectivity index (χ2v) is 5.76. The summed E-state index contributed by atoms with van der Waals surface area (Å²) in [5.41, 5.74) is 0.138. The Morgan fingerprint density at radius 2 is 2.05 bits per heavy atom. The molecular formula is C11H7Cl2F3N2OS. The van der Waals surface area contributed by atoms with Crippen LogP contribution in [-0.2, 0) is 6.54 Å². The lowest BCUT2D eigenvalue weighted by molar-refractivity contribution is -0.274. The summed E-state index contributed by atoms with van der Waals surface area (Å²) in [5.74, 6) is -0.350. The van der Waals surface area contributed by atoms with Gasteiger partial charge in [-0.2, -0.15) is 0 Å². The van der Waals surface area contributed by atoms with E-state index in [1.54, 1.807) is 0 Å². The molecule has 20 heavy (non-hydrogen) atoms. The van der Waals surface area contributed by atoms with Gasteiger partial charge in [0.15, 0.2) is 10.2 Å². The minimum atomic E-state index is -4.77. The van der Waals surface area contributed by atoms with Gasteiger partial charge < -0.3 is 10.1 Å². The van der Waals surface area contributed by atoms with E-state index in [4.69, 9.17) is 23.2 Å². The fraction of sp³-hybridized carbons (Fsp3) is 0.182. The third-order valence-corrected chi connectivity index (χ3v) is 3.50. The van der Waals surface area contributed by atoms with Crippen LogP contribution < -0.4 is 10.1 Å². The molecule has 1 heterocycles.